The molecule has 1 fully saturated rings. The van der Waals surface area contributed by atoms with Crippen LogP contribution in [0.2, 0.25) is 0 Å². The number of hydrogen-bond donors (Lipinski definition) is 0. The Labute approximate surface area is 148 Å². The number of nitro groups is 1. The Hall–Kier alpha value is -2.20. The number of aliphatic imine (C=N–C) groups is 1. The van der Waals surface area contributed by atoms with Gasteiger partial charge in [-0.05, 0) is 24.0 Å². The Bertz CT molecular complexity index is 710. The Morgan fingerprint density at radius 1 is 1.08 bits per heavy atom. The molecular formula is C19H21ClN2O2. The van der Waals surface area contributed by atoms with Crippen LogP contribution in [-0.2, 0) is 5.41 Å². The summed E-state index contributed by atoms with van der Waals surface area (Å²) in [6.45, 7) is 0.736. The first-order valence-electron chi connectivity index (χ1n) is 7.99. The fourth-order valence-corrected chi connectivity index (χ4v) is 3.43. The molecule has 4 nitrogen and oxygen atoms in total. The minimum atomic E-state index is -0.375. The lowest BCUT2D eigenvalue weighted by molar-refractivity contribution is -0.384. The van der Waals surface area contributed by atoms with Crippen molar-refractivity contribution < 1.29 is 4.92 Å². The van der Waals surface area contributed by atoms with E-state index in [1.165, 1.54) is 24.5 Å². The van der Waals surface area contributed by atoms with Gasteiger partial charge in [0.05, 0.1) is 4.92 Å². The van der Waals surface area contributed by atoms with Crippen molar-refractivity contribution in [3.63, 3.8) is 0 Å². The van der Waals surface area contributed by atoms with Crippen molar-refractivity contribution in [1.29, 1.82) is 0 Å². The number of benzene rings is 2. The standard InChI is InChI=1S/C19H20N2O2.ClH/c22-21(23)18-10-6-7-16(13-18)14-20-15-19(11-4-5-12-19)17-8-2-1-3-9-17;/h1-3,6-10,13-14H,4-5,11-12,15H2;1H. The Morgan fingerprint density at radius 3 is 2.46 bits per heavy atom. The van der Waals surface area contributed by atoms with Gasteiger partial charge in [-0.25, -0.2) is 0 Å². The van der Waals surface area contributed by atoms with Gasteiger partial charge in [0.2, 0.25) is 0 Å². The molecule has 1 aliphatic carbocycles. The van der Waals surface area contributed by atoms with Crippen LogP contribution in [0.15, 0.2) is 59.6 Å². The van der Waals surface area contributed by atoms with Crippen LogP contribution in [0.25, 0.3) is 0 Å². The number of hydrogen-bond acceptors (Lipinski definition) is 3. The fraction of sp³-hybridized carbons (Fsp3) is 0.316. The van der Waals surface area contributed by atoms with Crippen LogP contribution in [0.5, 0.6) is 0 Å². The van der Waals surface area contributed by atoms with E-state index >= 15 is 0 Å². The van der Waals surface area contributed by atoms with Gasteiger partial charge in [0, 0.05) is 30.3 Å². The van der Waals surface area contributed by atoms with E-state index in [-0.39, 0.29) is 28.4 Å². The maximum absolute atomic E-state index is 10.8. The van der Waals surface area contributed by atoms with Gasteiger partial charge in [-0.15, -0.1) is 12.4 Å². The van der Waals surface area contributed by atoms with E-state index in [1.54, 1.807) is 18.3 Å². The van der Waals surface area contributed by atoms with E-state index in [2.05, 4.69) is 29.3 Å². The van der Waals surface area contributed by atoms with E-state index in [0.29, 0.717) is 0 Å². The topological polar surface area (TPSA) is 55.5 Å². The number of nitrogens with zero attached hydrogens (tertiary/aromatic N) is 2. The molecule has 0 atom stereocenters. The Balaban J connectivity index is 0.00000208. The monoisotopic (exact) mass is 344 g/mol. The Kier molecular flexibility index (Phi) is 6.10. The molecule has 0 saturated heterocycles. The highest BCUT2D eigenvalue weighted by Crippen LogP contribution is 2.41. The zero-order chi connectivity index (χ0) is 16.1. The molecule has 0 aromatic heterocycles. The van der Waals surface area contributed by atoms with Gasteiger partial charge in [0.15, 0.2) is 0 Å². The second kappa shape index (κ2) is 8.06. The summed E-state index contributed by atoms with van der Waals surface area (Å²) in [5, 5.41) is 10.8. The lowest BCUT2D eigenvalue weighted by Crippen LogP contribution is -2.25. The van der Waals surface area contributed by atoms with E-state index in [9.17, 15) is 10.1 Å². The summed E-state index contributed by atoms with van der Waals surface area (Å²) in [4.78, 5) is 15.1. The van der Waals surface area contributed by atoms with Crippen molar-refractivity contribution in [1.82, 2.24) is 0 Å². The highest BCUT2D eigenvalue weighted by Gasteiger charge is 2.34. The van der Waals surface area contributed by atoms with Gasteiger partial charge in [-0.1, -0.05) is 55.3 Å². The molecule has 0 unspecified atom stereocenters. The normalized spacial score (nSPS) is 16.0. The average Bonchev–Trinajstić information content (AvgIpc) is 3.06. The minimum absolute atomic E-state index is 0. The quantitative estimate of drug-likeness (QED) is 0.438. The lowest BCUT2D eigenvalue weighted by atomic mass is 9.79. The first-order valence-corrected chi connectivity index (χ1v) is 7.99. The van der Waals surface area contributed by atoms with Crippen molar-refractivity contribution in [2.24, 2.45) is 4.99 Å². The summed E-state index contributed by atoms with van der Waals surface area (Å²) in [6.07, 6.45) is 6.55. The molecule has 5 heteroatoms. The minimum Gasteiger partial charge on any atom is -0.292 e. The van der Waals surface area contributed by atoms with E-state index in [1.807, 2.05) is 12.1 Å². The number of rotatable bonds is 5. The van der Waals surface area contributed by atoms with Crippen LogP contribution in [0.4, 0.5) is 5.69 Å². The predicted octanol–water partition coefficient (Wildman–Crippen LogP) is 4.95. The third kappa shape index (κ3) is 4.01. The summed E-state index contributed by atoms with van der Waals surface area (Å²) in [5.74, 6) is 0. The number of nitro benzene ring substituents is 1. The zero-order valence-electron chi connectivity index (χ0n) is 13.4. The molecular weight excluding hydrogens is 324 g/mol. The second-order valence-corrected chi connectivity index (χ2v) is 6.18. The maximum Gasteiger partial charge on any atom is 0.270 e. The smallest absolute Gasteiger partial charge is 0.270 e. The molecule has 1 aliphatic rings. The maximum atomic E-state index is 10.8. The van der Waals surface area contributed by atoms with Gasteiger partial charge in [0.25, 0.3) is 5.69 Å². The van der Waals surface area contributed by atoms with Gasteiger partial charge in [-0.2, -0.15) is 0 Å². The molecule has 2 aromatic carbocycles. The first-order chi connectivity index (χ1) is 11.2. The molecule has 126 valence electrons. The van der Waals surface area contributed by atoms with E-state index < -0.39 is 0 Å². The third-order valence-electron chi connectivity index (χ3n) is 4.66. The fourth-order valence-electron chi connectivity index (χ4n) is 3.43. The molecule has 0 aliphatic heterocycles. The third-order valence-corrected chi connectivity index (χ3v) is 4.66. The highest BCUT2D eigenvalue weighted by molar-refractivity contribution is 5.85. The van der Waals surface area contributed by atoms with Gasteiger partial charge < -0.3 is 0 Å². The molecule has 0 radical (unpaired) electrons. The van der Waals surface area contributed by atoms with Crippen LogP contribution in [0, 0.1) is 10.1 Å². The van der Waals surface area contributed by atoms with Crippen molar-refractivity contribution in [2.45, 2.75) is 31.1 Å². The van der Waals surface area contributed by atoms with Crippen molar-refractivity contribution in [3.05, 3.63) is 75.8 Å². The second-order valence-electron chi connectivity index (χ2n) is 6.18. The molecule has 0 amide bonds. The van der Waals surface area contributed by atoms with Crippen LogP contribution in [0.1, 0.15) is 36.8 Å². The van der Waals surface area contributed by atoms with Crippen molar-refractivity contribution >= 4 is 24.3 Å². The number of halogens is 1. The van der Waals surface area contributed by atoms with Crippen molar-refractivity contribution in [2.75, 3.05) is 6.54 Å². The first kappa shape index (κ1) is 18.1. The summed E-state index contributed by atoms with van der Waals surface area (Å²) in [5.41, 5.74) is 2.36. The van der Waals surface area contributed by atoms with Crippen LogP contribution >= 0.6 is 12.4 Å². The SMILES string of the molecule is Cl.O=[N+]([O-])c1cccc(C=NCC2(c3ccccc3)CCCC2)c1. The van der Waals surface area contributed by atoms with Gasteiger partial charge >= 0.3 is 0 Å². The Morgan fingerprint density at radius 2 is 1.79 bits per heavy atom. The molecule has 0 heterocycles. The van der Waals surface area contributed by atoms with Gasteiger partial charge in [0.1, 0.15) is 0 Å². The van der Waals surface area contributed by atoms with Crippen LogP contribution < -0.4 is 0 Å². The molecule has 24 heavy (non-hydrogen) atoms. The zero-order valence-corrected chi connectivity index (χ0v) is 14.2. The average molecular weight is 345 g/mol. The summed E-state index contributed by atoms with van der Waals surface area (Å²) in [6, 6.07) is 17.2. The van der Waals surface area contributed by atoms with Crippen LogP contribution in [-0.4, -0.2) is 17.7 Å². The van der Waals surface area contributed by atoms with Crippen LogP contribution in [0.3, 0.4) is 0 Å². The molecule has 2 aromatic rings. The summed E-state index contributed by atoms with van der Waals surface area (Å²) in [7, 11) is 0. The molecule has 1 saturated carbocycles. The summed E-state index contributed by atoms with van der Waals surface area (Å²) >= 11 is 0. The molecule has 0 N–H and O–H groups in total. The highest BCUT2D eigenvalue weighted by atomic mass is 35.5. The van der Waals surface area contributed by atoms with Gasteiger partial charge in [-0.3, -0.25) is 15.1 Å². The lowest BCUT2D eigenvalue weighted by Gasteiger charge is -2.27. The molecule has 0 bridgehead atoms. The van der Waals surface area contributed by atoms with Crippen molar-refractivity contribution in [3.8, 4) is 0 Å². The predicted molar refractivity (Wildman–Crippen MR) is 99.4 cm³/mol. The number of non-ortho nitro benzene ring substituents is 1. The molecule has 0 spiro atoms. The van der Waals surface area contributed by atoms with E-state index in [4.69, 9.17) is 0 Å². The summed E-state index contributed by atoms with van der Waals surface area (Å²) < 4.78 is 0. The van der Waals surface area contributed by atoms with E-state index in [0.717, 1.165) is 24.9 Å². The molecule has 3 rings (SSSR count). The largest absolute Gasteiger partial charge is 0.292 e.